The van der Waals surface area contributed by atoms with Crippen LogP contribution in [0.5, 0.6) is 0 Å². The molecule has 0 saturated carbocycles. The fourth-order valence-corrected chi connectivity index (χ4v) is 1.85. The SMILES string of the molecule is CCc1cc(Br)c(C(=O)O)c(C#N)c1. The molecule has 1 aromatic rings. The van der Waals surface area contributed by atoms with E-state index in [-0.39, 0.29) is 11.1 Å². The fraction of sp³-hybridized carbons (Fsp3) is 0.200. The van der Waals surface area contributed by atoms with Gasteiger partial charge >= 0.3 is 5.97 Å². The van der Waals surface area contributed by atoms with Gasteiger partial charge in [-0.15, -0.1) is 0 Å². The molecule has 14 heavy (non-hydrogen) atoms. The number of halogens is 1. The van der Waals surface area contributed by atoms with Gasteiger partial charge in [-0.1, -0.05) is 6.92 Å². The summed E-state index contributed by atoms with van der Waals surface area (Å²) in [6.45, 7) is 1.95. The zero-order valence-electron chi connectivity index (χ0n) is 7.54. The molecule has 1 N–H and O–H groups in total. The Labute approximate surface area is 90.1 Å². The van der Waals surface area contributed by atoms with Crippen LogP contribution in [0.1, 0.15) is 28.4 Å². The van der Waals surface area contributed by atoms with E-state index >= 15 is 0 Å². The van der Waals surface area contributed by atoms with E-state index in [0.717, 1.165) is 12.0 Å². The molecular weight excluding hydrogens is 246 g/mol. The van der Waals surface area contributed by atoms with Crippen molar-refractivity contribution in [3.63, 3.8) is 0 Å². The molecule has 0 aliphatic heterocycles. The van der Waals surface area contributed by atoms with Gasteiger partial charge < -0.3 is 5.11 Å². The second-order valence-corrected chi connectivity index (χ2v) is 3.63. The number of hydrogen-bond donors (Lipinski definition) is 1. The number of aromatic carboxylic acids is 1. The summed E-state index contributed by atoms with van der Waals surface area (Å²) in [6, 6.07) is 5.21. The van der Waals surface area contributed by atoms with E-state index in [2.05, 4.69) is 15.9 Å². The van der Waals surface area contributed by atoms with Crippen LogP contribution in [0.15, 0.2) is 16.6 Å². The number of nitrogens with zero attached hydrogens (tertiary/aromatic N) is 1. The molecule has 0 atom stereocenters. The maximum atomic E-state index is 10.8. The van der Waals surface area contributed by atoms with Crippen LogP contribution >= 0.6 is 15.9 Å². The molecule has 3 nitrogen and oxygen atoms in total. The first kappa shape index (κ1) is 10.7. The van der Waals surface area contributed by atoms with Gasteiger partial charge in [0, 0.05) is 4.47 Å². The average molecular weight is 254 g/mol. The van der Waals surface area contributed by atoms with E-state index in [1.165, 1.54) is 0 Å². The Balaban J connectivity index is 3.44. The van der Waals surface area contributed by atoms with E-state index in [0.29, 0.717) is 4.47 Å². The minimum absolute atomic E-state index is 0.0321. The molecule has 0 saturated heterocycles. The van der Waals surface area contributed by atoms with Gasteiger partial charge in [0.2, 0.25) is 0 Å². The summed E-state index contributed by atoms with van der Waals surface area (Å²) in [4.78, 5) is 10.8. The lowest BCUT2D eigenvalue weighted by atomic mass is 10.0. The van der Waals surface area contributed by atoms with Crippen LogP contribution in [-0.2, 0) is 6.42 Å². The Morgan fingerprint density at radius 1 is 1.64 bits per heavy atom. The number of rotatable bonds is 2. The molecule has 0 heterocycles. The highest BCUT2D eigenvalue weighted by Crippen LogP contribution is 2.23. The predicted octanol–water partition coefficient (Wildman–Crippen LogP) is 2.58. The Morgan fingerprint density at radius 3 is 2.71 bits per heavy atom. The van der Waals surface area contributed by atoms with Crippen molar-refractivity contribution in [2.75, 3.05) is 0 Å². The van der Waals surface area contributed by atoms with Crippen LogP contribution in [0.2, 0.25) is 0 Å². The van der Waals surface area contributed by atoms with Crippen LogP contribution in [-0.4, -0.2) is 11.1 Å². The molecule has 0 unspecified atom stereocenters. The molecule has 0 radical (unpaired) electrons. The first-order valence-corrected chi connectivity index (χ1v) is 4.85. The van der Waals surface area contributed by atoms with Crippen molar-refractivity contribution in [1.82, 2.24) is 0 Å². The minimum atomic E-state index is -1.09. The largest absolute Gasteiger partial charge is 0.478 e. The lowest BCUT2D eigenvalue weighted by Crippen LogP contribution is -2.02. The molecule has 0 bridgehead atoms. The Kier molecular flexibility index (Phi) is 3.26. The Bertz CT molecular complexity index is 421. The number of nitriles is 1. The normalized spacial score (nSPS) is 9.50. The molecule has 1 rings (SSSR count). The highest BCUT2D eigenvalue weighted by Gasteiger charge is 2.14. The number of benzene rings is 1. The maximum Gasteiger partial charge on any atom is 0.338 e. The van der Waals surface area contributed by atoms with E-state index in [4.69, 9.17) is 10.4 Å². The minimum Gasteiger partial charge on any atom is -0.478 e. The van der Waals surface area contributed by atoms with Gasteiger partial charge in [-0.25, -0.2) is 4.79 Å². The van der Waals surface area contributed by atoms with E-state index in [1.54, 1.807) is 12.1 Å². The second-order valence-electron chi connectivity index (χ2n) is 2.77. The summed E-state index contributed by atoms with van der Waals surface area (Å²) < 4.78 is 0.459. The fourth-order valence-electron chi connectivity index (χ4n) is 1.17. The third-order valence-corrected chi connectivity index (χ3v) is 2.52. The monoisotopic (exact) mass is 253 g/mol. The van der Waals surface area contributed by atoms with Gasteiger partial charge in [-0.05, 0) is 40.0 Å². The third-order valence-electron chi connectivity index (χ3n) is 1.89. The summed E-state index contributed by atoms with van der Waals surface area (Å²) in [6.07, 6.45) is 0.771. The highest BCUT2D eigenvalue weighted by molar-refractivity contribution is 9.10. The van der Waals surface area contributed by atoms with Crippen molar-refractivity contribution in [3.05, 3.63) is 33.3 Å². The molecule has 4 heteroatoms. The number of carbonyl (C=O) groups is 1. The average Bonchev–Trinajstić information content (AvgIpc) is 2.15. The van der Waals surface area contributed by atoms with Crippen molar-refractivity contribution in [3.8, 4) is 6.07 Å². The molecule has 0 amide bonds. The molecule has 0 aliphatic carbocycles. The molecule has 72 valence electrons. The van der Waals surface area contributed by atoms with Gasteiger partial charge in [-0.3, -0.25) is 0 Å². The van der Waals surface area contributed by atoms with Crippen molar-refractivity contribution in [2.45, 2.75) is 13.3 Å². The van der Waals surface area contributed by atoms with Gasteiger partial charge in [-0.2, -0.15) is 5.26 Å². The first-order chi connectivity index (χ1) is 6.60. The van der Waals surface area contributed by atoms with Gasteiger partial charge in [0.1, 0.15) is 6.07 Å². The lowest BCUT2D eigenvalue weighted by molar-refractivity contribution is 0.0695. The maximum absolute atomic E-state index is 10.8. The highest BCUT2D eigenvalue weighted by atomic mass is 79.9. The van der Waals surface area contributed by atoms with E-state index in [9.17, 15) is 4.79 Å². The standard InChI is InChI=1S/C10H8BrNO2/c1-2-6-3-7(5-12)9(10(13)14)8(11)4-6/h3-4H,2H2,1H3,(H,13,14). The number of carboxylic acids is 1. The third kappa shape index (κ3) is 1.94. The zero-order chi connectivity index (χ0) is 10.7. The van der Waals surface area contributed by atoms with Crippen LogP contribution in [0, 0.1) is 11.3 Å². The van der Waals surface area contributed by atoms with Crippen LogP contribution < -0.4 is 0 Å². The van der Waals surface area contributed by atoms with Gasteiger partial charge in [0.25, 0.3) is 0 Å². The zero-order valence-corrected chi connectivity index (χ0v) is 9.13. The number of hydrogen-bond acceptors (Lipinski definition) is 2. The summed E-state index contributed by atoms with van der Waals surface area (Å²) >= 11 is 3.15. The van der Waals surface area contributed by atoms with Gasteiger partial charge in [0.05, 0.1) is 11.1 Å². The van der Waals surface area contributed by atoms with Crippen LogP contribution in [0.3, 0.4) is 0 Å². The van der Waals surface area contributed by atoms with Gasteiger partial charge in [0.15, 0.2) is 0 Å². The second kappa shape index (κ2) is 4.25. The summed E-state index contributed by atoms with van der Waals surface area (Å²) in [5.41, 5.74) is 1.17. The van der Waals surface area contributed by atoms with Crippen molar-refractivity contribution >= 4 is 21.9 Å². The molecule has 0 spiro atoms. The first-order valence-electron chi connectivity index (χ1n) is 4.06. The molecule has 0 aromatic heterocycles. The van der Waals surface area contributed by atoms with E-state index < -0.39 is 5.97 Å². The van der Waals surface area contributed by atoms with Crippen molar-refractivity contribution in [1.29, 1.82) is 5.26 Å². The topological polar surface area (TPSA) is 61.1 Å². The van der Waals surface area contributed by atoms with Crippen molar-refractivity contribution in [2.24, 2.45) is 0 Å². The molecule has 1 aromatic carbocycles. The van der Waals surface area contributed by atoms with Crippen LogP contribution in [0.25, 0.3) is 0 Å². The lowest BCUT2D eigenvalue weighted by Gasteiger charge is -2.04. The Morgan fingerprint density at radius 2 is 2.29 bits per heavy atom. The summed E-state index contributed by atoms with van der Waals surface area (Å²) in [7, 11) is 0. The van der Waals surface area contributed by atoms with Crippen molar-refractivity contribution < 1.29 is 9.90 Å². The predicted molar refractivity (Wildman–Crippen MR) is 55.2 cm³/mol. The smallest absolute Gasteiger partial charge is 0.338 e. The number of carboxylic acid groups (broad SMARTS) is 1. The summed E-state index contributed by atoms with van der Waals surface area (Å²) in [5, 5.41) is 17.6. The number of aryl methyl sites for hydroxylation is 1. The molecular formula is C10H8BrNO2. The molecule has 0 fully saturated rings. The summed E-state index contributed by atoms with van der Waals surface area (Å²) in [5.74, 6) is -1.09. The van der Waals surface area contributed by atoms with Crippen LogP contribution in [0.4, 0.5) is 0 Å². The quantitative estimate of drug-likeness (QED) is 0.882. The van der Waals surface area contributed by atoms with E-state index in [1.807, 2.05) is 13.0 Å². The molecule has 0 aliphatic rings. The Hall–Kier alpha value is -1.34.